The number of nitrogens with two attached hydrogens (primary N) is 1. The summed E-state index contributed by atoms with van der Waals surface area (Å²) in [5, 5.41) is 15.6. The van der Waals surface area contributed by atoms with Crippen LogP contribution in [0.3, 0.4) is 0 Å². The second kappa shape index (κ2) is 4.36. The molecule has 0 spiro atoms. The molecule has 4 N–H and O–H groups in total. The highest BCUT2D eigenvalue weighted by Gasteiger charge is 2.14. The van der Waals surface area contributed by atoms with Crippen LogP contribution in [0.1, 0.15) is 10.4 Å². The normalized spacial score (nSPS) is 10.3. The van der Waals surface area contributed by atoms with Gasteiger partial charge in [0.15, 0.2) is 5.82 Å². The number of aromatic nitrogens is 2. The van der Waals surface area contributed by atoms with E-state index in [1.807, 2.05) is 0 Å². The van der Waals surface area contributed by atoms with Gasteiger partial charge in [0.2, 0.25) is 0 Å². The standard InChI is InChI=1S/C11H11FN4O2/c1-16-3-2-10(15-16)14-9-5-7(12)6(11(17)18)4-8(9)13/h2-5H,13H2,1H3,(H,14,15)(H,17,18). The molecule has 0 atom stereocenters. The van der Waals surface area contributed by atoms with Crippen molar-refractivity contribution in [2.24, 2.45) is 7.05 Å². The molecule has 6 nitrogen and oxygen atoms in total. The first-order valence-corrected chi connectivity index (χ1v) is 5.06. The zero-order valence-electron chi connectivity index (χ0n) is 9.51. The Bertz CT molecular complexity index is 609. The molecule has 0 saturated heterocycles. The first-order valence-electron chi connectivity index (χ1n) is 5.06. The van der Waals surface area contributed by atoms with E-state index >= 15 is 0 Å². The molecular weight excluding hydrogens is 239 g/mol. The summed E-state index contributed by atoms with van der Waals surface area (Å²) in [5.41, 5.74) is 5.61. The highest BCUT2D eigenvalue weighted by Crippen LogP contribution is 2.25. The van der Waals surface area contributed by atoms with E-state index in [9.17, 15) is 9.18 Å². The average molecular weight is 250 g/mol. The van der Waals surface area contributed by atoms with Crippen molar-refractivity contribution in [3.8, 4) is 0 Å². The molecule has 1 heterocycles. The van der Waals surface area contributed by atoms with Crippen molar-refractivity contribution < 1.29 is 14.3 Å². The maximum Gasteiger partial charge on any atom is 0.338 e. The second-order valence-electron chi connectivity index (χ2n) is 3.72. The lowest BCUT2D eigenvalue weighted by molar-refractivity contribution is 0.0692. The number of hydrogen-bond donors (Lipinski definition) is 3. The number of aromatic carboxylic acids is 1. The molecule has 1 aromatic carbocycles. The molecule has 0 aliphatic rings. The fraction of sp³-hybridized carbons (Fsp3) is 0.0909. The number of carboxylic acid groups (broad SMARTS) is 1. The Morgan fingerprint density at radius 1 is 1.56 bits per heavy atom. The minimum atomic E-state index is -1.36. The Labute approximate surface area is 102 Å². The van der Waals surface area contributed by atoms with Crippen molar-refractivity contribution in [1.29, 1.82) is 0 Å². The van der Waals surface area contributed by atoms with Crippen molar-refractivity contribution >= 4 is 23.2 Å². The zero-order chi connectivity index (χ0) is 13.3. The molecule has 2 rings (SSSR count). The maximum atomic E-state index is 13.5. The lowest BCUT2D eigenvalue weighted by Crippen LogP contribution is -2.05. The molecule has 1 aromatic heterocycles. The number of nitrogen functional groups attached to an aromatic ring is 1. The van der Waals surface area contributed by atoms with E-state index in [1.165, 1.54) is 0 Å². The number of nitrogens with one attached hydrogen (secondary N) is 1. The molecule has 0 bridgehead atoms. The fourth-order valence-electron chi connectivity index (χ4n) is 1.48. The van der Waals surface area contributed by atoms with Crippen LogP contribution in [0.4, 0.5) is 21.6 Å². The topological polar surface area (TPSA) is 93.2 Å². The Hall–Kier alpha value is -2.57. The molecule has 0 aliphatic carbocycles. The third-order valence-corrected chi connectivity index (χ3v) is 2.35. The minimum absolute atomic E-state index is 0.138. The van der Waals surface area contributed by atoms with Crippen LogP contribution in [0.2, 0.25) is 0 Å². The van der Waals surface area contributed by atoms with Gasteiger partial charge < -0.3 is 16.2 Å². The molecule has 2 aromatic rings. The summed E-state index contributed by atoms with van der Waals surface area (Å²) in [7, 11) is 1.74. The van der Waals surface area contributed by atoms with Crippen molar-refractivity contribution in [3.63, 3.8) is 0 Å². The smallest absolute Gasteiger partial charge is 0.338 e. The number of rotatable bonds is 3. The van der Waals surface area contributed by atoms with Gasteiger partial charge in [0.05, 0.1) is 16.9 Å². The van der Waals surface area contributed by atoms with E-state index in [-0.39, 0.29) is 11.4 Å². The molecule has 0 amide bonds. The van der Waals surface area contributed by atoms with Crippen LogP contribution in [-0.2, 0) is 7.05 Å². The molecule has 18 heavy (non-hydrogen) atoms. The van der Waals surface area contributed by atoms with Crippen molar-refractivity contribution in [3.05, 3.63) is 35.8 Å². The van der Waals surface area contributed by atoms with Gasteiger partial charge in [-0.1, -0.05) is 0 Å². The maximum absolute atomic E-state index is 13.5. The number of carbonyl (C=O) groups is 1. The summed E-state index contributed by atoms with van der Waals surface area (Å²) in [5.74, 6) is -1.72. The van der Waals surface area contributed by atoms with E-state index < -0.39 is 17.3 Å². The largest absolute Gasteiger partial charge is 0.478 e. The van der Waals surface area contributed by atoms with Crippen LogP contribution >= 0.6 is 0 Å². The molecular formula is C11H11FN4O2. The summed E-state index contributed by atoms with van der Waals surface area (Å²) in [6.45, 7) is 0. The van der Waals surface area contributed by atoms with Gasteiger partial charge in [-0.2, -0.15) is 5.10 Å². The molecule has 7 heteroatoms. The number of aryl methyl sites for hydroxylation is 1. The highest BCUT2D eigenvalue weighted by atomic mass is 19.1. The van der Waals surface area contributed by atoms with E-state index in [4.69, 9.17) is 10.8 Å². The predicted octanol–water partition coefficient (Wildman–Crippen LogP) is 1.58. The van der Waals surface area contributed by atoms with Gasteiger partial charge in [-0.15, -0.1) is 0 Å². The van der Waals surface area contributed by atoms with Gasteiger partial charge >= 0.3 is 5.97 Å². The molecule has 0 saturated carbocycles. The second-order valence-corrected chi connectivity index (χ2v) is 3.72. The Morgan fingerprint density at radius 2 is 2.28 bits per heavy atom. The van der Waals surface area contributed by atoms with Crippen molar-refractivity contribution in [2.75, 3.05) is 11.1 Å². The Balaban J connectivity index is 2.35. The van der Waals surface area contributed by atoms with Crippen molar-refractivity contribution in [2.45, 2.75) is 0 Å². The molecule has 0 fully saturated rings. The molecule has 0 aliphatic heterocycles. The SMILES string of the molecule is Cn1ccc(Nc2cc(F)c(C(=O)O)cc2N)n1. The first-order chi connectivity index (χ1) is 8.47. The minimum Gasteiger partial charge on any atom is -0.478 e. The quantitative estimate of drug-likeness (QED) is 0.719. The third-order valence-electron chi connectivity index (χ3n) is 2.35. The number of hydrogen-bond acceptors (Lipinski definition) is 4. The Kier molecular flexibility index (Phi) is 2.88. The first kappa shape index (κ1) is 11.9. The van der Waals surface area contributed by atoms with E-state index in [0.717, 1.165) is 12.1 Å². The van der Waals surface area contributed by atoms with Crippen LogP contribution in [-0.4, -0.2) is 20.9 Å². The van der Waals surface area contributed by atoms with Gasteiger partial charge in [0.25, 0.3) is 0 Å². The number of carboxylic acids is 1. The third kappa shape index (κ3) is 2.24. The van der Waals surface area contributed by atoms with Crippen LogP contribution in [0.5, 0.6) is 0 Å². The van der Waals surface area contributed by atoms with Gasteiger partial charge in [-0.05, 0) is 6.07 Å². The number of nitrogens with zero attached hydrogens (tertiary/aromatic N) is 2. The summed E-state index contributed by atoms with van der Waals surface area (Å²) in [6, 6.07) is 3.79. The Morgan fingerprint density at radius 3 is 2.83 bits per heavy atom. The predicted molar refractivity (Wildman–Crippen MR) is 64.3 cm³/mol. The van der Waals surface area contributed by atoms with Crippen LogP contribution in [0.15, 0.2) is 24.4 Å². The van der Waals surface area contributed by atoms with E-state index in [1.54, 1.807) is 24.0 Å². The van der Waals surface area contributed by atoms with Crippen LogP contribution in [0, 0.1) is 5.82 Å². The summed E-state index contributed by atoms with van der Waals surface area (Å²) >= 11 is 0. The fourth-order valence-corrected chi connectivity index (χ4v) is 1.48. The lowest BCUT2D eigenvalue weighted by atomic mass is 10.1. The number of benzene rings is 1. The van der Waals surface area contributed by atoms with E-state index in [0.29, 0.717) is 5.82 Å². The van der Waals surface area contributed by atoms with Gasteiger partial charge in [0, 0.05) is 25.4 Å². The molecule has 0 unspecified atom stereocenters. The lowest BCUT2D eigenvalue weighted by Gasteiger charge is -2.08. The van der Waals surface area contributed by atoms with Crippen LogP contribution < -0.4 is 11.1 Å². The van der Waals surface area contributed by atoms with Gasteiger partial charge in [-0.3, -0.25) is 4.68 Å². The highest BCUT2D eigenvalue weighted by molar-refractivity contribution is 5.91. The average Bonchev–Trinajstić information content (AvgIpc) is 2.68. The van der Waals surface area contributed by atoms with Crippen molar-refractivity contribution in [1.82, 2.24) is 9.78 Å². The van der Waals surface area contributed by atoms with Gasteiger partial charge in [-0.25, -0.2) is 9.18 Å². The number of halogens is 1. The van der Waals surface area contributed by atoms with E-state index in [2.05, 4.69) is 10.4 Å². The zero-order valence-corrected chi connectivity index (χ0v) is 9.51. The monoisotopic (exact) mass is 250 g/mol. The summed E-state index contributed by atoms with van der Waals surface area (Å²) in [4.78, 5) is 10.7. The van der Waals surface area contributed by atoms with Gasteiger partial charge in [0.1, 0.15) is 5.82 Å². The number of anilines is 3. The summed E-state index contributed by atoms with van der Waals surface area (Å²) < 4.78 is 15.1. The molecule has 0 radical (unpaired) electrons. The summed E-state index contributed by atoms with van der Waals surface area (Å²) in [6.07, 6.45) is 1.71. The van der Waals surface area contributed by atoms with Crippen LogP contribution in [0.25, 0.3) is 0 Å². The molecule has 94 valence electrons.